The molecule has 0 aliphatic carbocycles. The van der Waals surface area contributed by atoms with Crippen molar-refractivity contribution in [2.24, 2.45) is 5.41 Å². The third kappa shape index (κ3) is 3.11. The molecule has 1 aromatic carbocycles. The van der Waals surface area contributed by atoms with E-state index in [9.17, 15) is 4.79 Å². The maximum Gasteiger partial charge on any atom is 0.335 e. The number of fused-ring (bicyclic) bond motifs is 1. The van der Waals surface area contributed by atoms with Gasteiger partial charge in [-0.15, -0.1) is 0 Å². The van der Waals surface area contributed by atoms with Gasteiger partial charge in [0, 0.05) is 18.8 Å². The van der Waals surface area contributed by atoms with Gasteiger partial charge >= 0.3 is 5.97 Å². The zero-order chi connectivity index (χ0) is 14.8. The number of aromatic carboxylic acids is 1. The molecule has 20 heavy (non-hydrogen) atoms. The summed E-state index contributed by atoms with van der Waals surface area (Å²) >= 11 is 0. The lowest BCUT2D eigenvalue weighted by Gasteiger charge is -2.22. The van der Waals surface area contributed by atoms with E-state index in [1.165, 1.54) is 5.56 Å². The second-order valence-electron chi connectivity index (χ2n) is 5.98. The van der Waals surface area contributed by atoms with Crippen LogP contribution in [0.2, 0.25) is 0 Å². The number of rotatable bonds is 5. The number of carbonyl (C=O) groups is 1. The second-order valence-corrected chi connectivity index (χ2v) is 5.98. The summed E-state index contributed by atoms with van der Waals surface area (Å²) < 4.78 is 0. The maximum absolute atomic E-state index is 11.0. The zero-order valence-electron chi connectivity index (χ0n) is 12.0. The Bertz CT molecular complexity index is 558. The average Bonchev–Trinajstić information content (AvgIpc) is 2.81. The lowest BCUT2D eigenvalue weighted by atomic mass is 9.90. The van der Waals surface area contributed by atoms with Crippen LogP contribution < -0.4 is 4.90 Å². The Labute approximate surface area is 119 Å². The van der Waals surface area contributed by atoms with Gasteiger partial charge in [0.05, 0.1) is 17.0 Å². The second kappa shape index (κ2) is 5.54. The number of nitrogens with zero attached hydrogens (tertiary/aromatic N) is 2. The molecule has 106 valence electrons. The number of carboxylic acid groups (broad SMARTS) is 1. The van der Waals surface area contributed by atoms with Gasteiger partial charge in [-0.05, 0) is 50.8 Å². The van der Waals surface area contributed by atoms with Gasteiger partial charge in [0.1, 0.15) is 0 Å². The van der Waals surface area contributed by atoms with E-state index < -0.39 is 5.97 Å². The highest BCUT2D eigenvalue weighted by Crippen LogP contribution is 2.30. The number of carboxylic acids is 1. The molecule has 4 heteroatoms. The van der Waals surface area contributed by atoms with Crippen molar-refractivity contribution in [3.8, 4) is 6.07 Å². The van der Waals surface area contributed by atoms with Gasteiger partial charge in [-0.3, -0.25) is 0 Å². The Kier molecular flexibility index (Phi) is 3.99. The molecule has 0 saturated heterocycles. The van der Waals surface area contributed by atoms with Crippen LogP contribution in [0.3, 0.4) is 0 Å². The first kappa shape index (κ1) is 14.4. The molecule has 1 aliphatic heterocycles. The standard InChI is InChI=1S/C16H20N2O2/c1-16(2,11-17)7-3-8-18-9-6-12-4-5-13(15(19)20)10-14(12)18/h4-5,10H,3,6-9H2,1-2H3,(H,19,20). The van der Waals surface area contributed by atoms with E-state index in [0.717, 1.165) is 38.0 Å². The Morgan fingerprint density at radius 1 is 1.50 bits per heavy atom. The fourth-order valence-electron chi connectivity index (χ4n) is 2.58. The predicted octanol–water partition coefficient (Wildman–Crippen LogP) is 3.08. The van der Waals surface area contributed by atoms with Gasteiger partial charge in [0.2, 0.25) is 0 Å². The van der Waals surface area contributed by atoms with Gasteiger partial charge in [0.25, 0.3) is 0 Å². The van der Waals surface area contributed by atoms with Gasteiger partial charge in [-0.2, -0.15) is 5.26 Å². The summed E-state index contributed by atoms with van der Waals surface area (Å²) in [5.41, 5.74) is 2.31. The summed E-state index contributed by atoms with van der Waals surface area (Å²) in [5.74, 6) is -0.884. The van der Waals surface area contributed by atoms with E-state index in [2.05, 4.69) is 11.0 Å². The van der Waals surface area contributed by atoms with Crippen molar-refractivity contribution in [1.82, 2.24) is 0 Å². The topological polar surface area (TPSA) is 64.3 Å². The molecule has 0 amide bonds. The fourth-order valence-corrected chi connectivity index (χ4v) is 2.58. The van der Waals surface area contributed by atoms with Crippen molar-refractivity contribution in [3.63, 3.8) is 0 Å². The Morgan fingerprint density at radius 2 is 2.25 bits per heavy atom. The van der Waals surface area contributed by atoms with Crippen molar-refractivity contribution in [2.45, 2.75) is 33.1 Å². The number of anilines is 1. The maximum atomic E-state index is 11.0. The molecule has 0 bridgehead atoms. The van der Waals surface area contributed by atoms with E-state index in [0.29, 0.717) is 5.56 Å². The van der Waals surface area contributed by atoms with Crippen LogP contribution in [0.4, 0.5) is 5.69 Å². The number of hydrogen-bond acceptors (Lipinski definition) is 3. The molecule has 0 saturated carbocycles. The van der Waals surface area contributed by atoms with Crippen molar-refractivity contribution < 1.29 is 9.90 Å². The van der Waals surface area contributed by atoms with E-state index >= 15 is 0 Å². The van der Waals surface area contributed by atoms with E-state index in [1.807, 2.05) is 19.9 Å². The molecule has 2 rings (SSSR count). The molecule has 1 aliphatic rings. The van der Waals surface area contributed by atoms with E-state index in [4.69, 9.17) is 10.4 Å². The molecule has 0 radical (unpaired) electrons. The van der Waals surface area contributed by atoms with Crippen molar-refractivity contribution in [3.05, 3.63) is 29.3 Å². The summed E-state index contributed by atoms with van der Waals surface area (Å²) in [5, 5.41) is 18.1. The molecule has 0 spiro atoms. The summed E-state index contributed by atoms with van der Waals surface area (Å²) in [4.78, 5) is 13.3. The van der Waals surface area contributed by atoms with Crippen LogP contribution in [-0.2, 0) is 6.42 Å². The highest BCUT2D eigenvalue weighted by Gasteiger charge is 2.22. The van der Waals surface area contributed by atoms with Crippen LogP contribution in [0.1, 0.15) is 42.6 Å². The third-order valence-corrected chi connectivity index (χ3v) is 3.86. The fraction of sp³-hybridized carbons (Fsp3) is 0.500. The Balaban J connectivity index is 2.03. The first-order valence-electron chi connectivity index (χ1n) is 6.95. The largest absolute Gasteiger partial charge is 0.478 e. The van der Waals surface area contributed by atoms with Crippen LogP contribution in [-0.4, -0.2) is 24.2 Å². The minimum atomic E-state index is -0.884. The molecule has 0 aromatic heterocycles. The molecular weight excluding hydrogens is 252 g/mol. The van der Waals surface area contributed by atoms with Crippen molar-refractivity contribution >= 4 is 11.7 Å². The SMILES string of the molecule is CC(C)(C#N)CCCN1CCc2ccc(C(=O)O)cc21. The lowest BCUT2D eigenvalue weighted by molar-refractivity contribution is 0.0697. The minimum absolute atomic E-state index is 0.286. The molecule has 1 aromatic rings. The molecule has 4 nitrogen and oxygen atoms in total. The van der Waals surface area contributed by atoms with E-state index in [1.54, 1.807) is 12.1 Å². The van der Waals surface area contributed by atoms with Gasteiger partial charge in [-0.1, -0.05) is 6.07 Å². The average molecular weight is 272 g/mol. The first-order valence-corrected chi connectivity index (χ1v) is 6.95. The highest BCUT2D eigenvalue weighted by molar-refractivity contribution is 5.89. The highest BCUT2D eigenvalue weighted by atomic mass is 16.4. The zero-order valence-corrected chi connectivity index (χ0v) is 12.0. The Hall–Kier alpha value is -2.02. The van der Waals surface area contributed by atoms with Crippen LogP contribution >= 0.6 is 0 Å². The molecule has 0 unspecified atom stereocenters. The summed E-state index contributed by atoms with van der Waals surface area (Å²) in [7, 11) is 0. The summed E-state index contributed by atoms with van der Waals surface area (Å²) in [6, 6.07) is 7.66. The van der Waals surface area contributed by atoms with Gasteiger partial charge < -0.3 is 10.0 Å². The third-order valence-electron chi connectivity index (χ3n) is 3.86. The number of benzene rings is 1. The number of nitriles is 1. The van der Waals surface area contributed by atoms with Gasteiger partial charge in [-0.25, -0.2) is 4.79 Å². The summed E-state index contributed by atoms with van der Waals surface area (Å²) in [6.07, 6.45) is 2.77. The van der Waals surface area contributed by atoms with Crippen LogP contribution in [0.15, 0.2) is 18.2 Å². The molecular formula is C16H20N2O2. The molecule has 0 atom stereocenters. The van der Waals surface area contributed by atoms with Crippen molar-refractivity contribution in [2.75, 3.05) is 18.0 Å². The van der Waals surface area contributed by atoms with Crippen molar-refractivity contribution in [1.29, 1.82) is 5.26 Å². The first-order chi connectivity index (χ1) is 9.43. The monoisotopic (exact) mass is 272 g/mol. The lowest BCUT2D eigenvalue weighted by Crippen LogP contribution is -2.23. The van der Waals surface area contributed by atoms with E-state index in [-0.39, 0.29) is 5.41 Å². The molecule has 1 heterocycles. The Morgan fingerprint density at radius 3 is 2.90 bits per heavy atom. The normalized spacial score (nSPS) is 13.9. The van der Waals surface area contributed by atoms with Crippen LogP contribution in [0.25, 0.3) is 0 Å². The van der Waals surface area contributed by atoms with Crippen LogP contribution in [0.5, 0.6) is 0 Å². The predicted molar refractivity (Wildman–Crippen MR) is 77.9 cm³/mol. The number of hydrogen-bond donors (Lipinski definition) is 1. The summed E-state index contributed by atoms with van der Waals surface area (Å²) in [6.45, 7) is 5.72. The molecule has 1 N–H and O–H groups in total. The molecule has 0 fully saturated rings. The minimum Gasteiger partial charge on any atom is -0.478 e. The van der Waals surface area contributed by atoms with Gasteiger partial charge in [0.15, 0.2) is 0 Å². The quantitative estimate of drug-likeness (QED) is 0.894. The van der Waals surface area contributed by atoms with Crippen LogP contribution in [0, 0.1) is 16.7 Å². The smallest absolute Gasteiger partial charge is 0.335 e.